The molecule has 42 heavy (non-hydrogen) atoms. The predicted octanol–water partition coefficient (Wildman–Crippen LogP) is 5.82. The number of hydrogen-bond acceptors (Lipinski definition) is 8. The normalized spacial score (nSPS) is 14.3. The highest BCUT2D eigenvalue weighted by atomic mass is 127. The zero-order chi connectivity index (χ0) is 30.4. The van der Waals surface area contributed by atoms with Crippen LogP contribution in [0.25, 0.3) is 22.2 Å². The molecule has 0 spiro atoms. The molecule has 0 bridgehead atoms. The van der Waals surface area contributed by atoms with Gasteiger partial charge in [-0.2, -0.15) is 0 Å². The van der Waals surface area contributed by atoms with Gasteiger partial charge in [0.2, 0.25) is 0 Å². The quantitative estimate of drug-likeness (QED) is 0.145. The highest BCUT2D eigenvalue weighted by Gasteiger charge is 2.29. The Bertz CT molecular complexity index is 1790. The van der Waals surface area contributed by atoms with E-state index >= 15 is 0 Å². The number of rotatable bonds is 5. The van der Waals surface area contributed by atoms with E-state index in [0.29, 0.717) is 51.9 Å². The molecule has 0 N–H and O–H groups in total. The van der Waals surface area contributed by atoms with E-state index in [9.17, 15) is 23.3 Å². The fraction of sp³-hybridized carbons (Fsp3) is 0.310. The smallest absolute Gasteiger partial charge is 0.410 e. The first-order valence-electron chi connectivity index (χ1n) is 13.2. The van der Waals surface area contributed by atoms with Crippen molar-refractivity contribution in [3.05, 3.63) is 80.2 Å². The van der Waals surface area contributed by atoms with E-state index in [-0.39, 0.29) is 16.2 Å². The number of carbonyl (C=O) groups excluding carboxylic acids is 1. The van der Waals surface area contributed by atoms with Crippen molar-refractivity contribution in [3.63, 3.8) is 0 Å². The number of carbonyl (C=O) groups is 1. The van der Waals surface area contributed by atoms with Crippen LogP contribution in [0.1, 0.15) is 26.3 Å². The molecule has 220 valence electrons. The standard InChI is InChI=1S/C29H30IN5O6S/c1-19-5-8-22(9-6-19)42(39,40)34-18-24(30)23-15-21(17-31-27(23)34)20-7-10-25(26(16-20)35(37)38)32-11-13-33(14-12-32)28(36)41-29(2,3)4/h5-10,15-18H,11-14H2,1-4H3. The molecule has 4 aromatic rings. The molecule has 2 aromatic carbocycles. The predicted molar refractivity (Wildman–Crippen MR) is 168 cm³/mol. The van der Waals surface area contributed by atoms with Gasteiger partial charge >= 0.3 is 6.09 Å². The Morgan fingerprint density at radius 2 is 1.69 bits per heavy atom. The van der Waals surface area contributed by atoms with Crippen molar-refractivity contribution in [2.75, 3.05) is 31.1 Å². The average molecular weight is 704 g/mol. The van der Waals surface area contributed by atoms with Gasteiger partial charge in [-0.15, -0.1) is 0 Å². The van der Waals surface area contributed by atoms with Crippen LogP contribution in [0.4, 0.5) is 16.2 Å². The van der Waals surface area contributed by atoms with E-state index in [4.69, 9.17) is 4.74 Å². The van der Waals surface area contributed by atoms with Crippen molar-refractivity contribution in [2.24, 2.45) is 0 Å². The first kappa shape index (κ1) is 29.8. The van der Waals surface area contributed by atoms with Gasteiger partial charge in [-0.05, 0) is 80.1 Å². The summed E-state index contributed by atoms with van der Waals surface area (Å²) in [5.74, 6) is 0. The average Bonchev–Trinajstić information content (AvgIpc) is 3.28. The minimum absolute atomic E-state index is 0.0625. The number of nitro groups is 1. The van der Waals surface area contributed by atoms with Crippen LogP contribution in [0, 0.1) is 20.6 Å². The molecule has 0 unspecified atom stereocenters. The monoisotopic (exact) mass is 703 g/mol. The Balaban J connectivity index is 1.42. The second kappa shape index (κ2) is 11.2. The number of nitro benzene ring substituents is 1. The summed E-state index contributed by atoms with van der Waals surface area (Å²) in [7, 11) is -3.87. The lowest BCUT2D eigenvalue weighted by molar-refractivity contribution is -0.384. The molecule has 0 aliphatic carbocycles. The number of amides is 1. The van der Waals surface area contributed by atoms with Crippen LogP contribution in [0.15, 0.2) is 65.8 Å². The van der Waals surface area contributed by atoms with Crippen molar-refractivity contribution >= 4 is 61.1 Å². The lowest BCUT2D eigenvalue weighted by Crippen LogP contribution is -2.50. The van der Waals surface area contributed by atoms with Crippen LogP contribution in [0.5, 0.6) is 0 Å². The van der Waals surface area contributed by atoms with E-state index in [0.717, 1.165) is 5.56 Å². The Kier molecular flexibility index (Phi) is 7.91. The summed E-state index contributed by atoms with van der Waals surface area (Å²) in [5.41, 5.74) is 2.23. The third-order valence-electron chi connectivity index (χ3n) is 6.92. The number of hydrogen-bond donors (Lipinski definition) is 0. The highest BCUT2D eigenvalue weighted by molar-refractivity contribution is 14.1. The number of fused-ring (bicyclic) bond motifs is 1. The zero-order valence-electron chi connectivity index (χ0n) is 23.6. The third-order valence-corrected chi connectivity index (χ3v) is 9.44. The van der Waals surface area contributed by atoms with Crippen molar-refractivity contribution in [1.29, 1.82) is 0 Å². The van der Waals surface area contributed by atoms with Crippen molar-refractivity contribution in [1.82, 2.24) is 13.9 Å². The van der Waals surface area contributed by atoms with Crippen molar-refractivity contribution < 1.29 is 22.9 Å². The van der Waals surface area contributed by atoms with Crippen molar-refractivity contribution in [2.45, 2.75) is 38.2 Å². The third kappa shape index (κ3) is 5.93. The summed E-state index contributed by atoms with van der Waals surface area (Å²) < 4.78 is 34.0. The SMILES string of the molecule is Cc1ccc(S(=O)(=O)n2cc(I)c3cc(-c4ccc(N5CCN(C(=O)OC(C)(C)C)CC5)c([N+](=O)[O-])c4)cnc32)cc1. The molecule has 1 amide bonds. The number of piperazine rings is 1. The number of pyridine rings is 1. The maximum absolute atomic E-state index is 13.4. The molecule has 2 aromatic heterocycles. The van der Waals surface area contributed by atoms with E-state index < -0.39 is 26.6 Å². The number of halogens is 1. The summed E-state index contributed by atoms with van der Waals surface area (Å²) in [6, 6.07) is 13.4. The molecule has 1 saturated heterocycles. The van der Waals surface area contributed by atoms with E-state index in [1.807, 2.05) is 32.6 Å². The fourth-order valence-corrected chi connectivity index (χ4v) is 6.97. The number of ether oxygens (including phenoxy) is 1. The summed E-state index contributed by atoms with van der Waals surface area (Å²) in [6.07, 6.45) is 2.66. The van der Waals surface area contributed by atoms with Crippen LogP contribution in [0.3, 0.4) is 0 Å². The van der Waals surface area contributed by atoms with Gasteiger partial charge < -0.3 is 14.5 Å². The molecular formula is C29H30IN5O6S. The van der Waals surface area contributed by atoms with Crippen LogP contribution in [-0.2, 0) is 14.8 Å². The van der Waals surface area contributed by atoms with Gasteiger partial charge in [-0.25, -0.2) is 22.2 Å². The molecule has 11 nitrogen and oxygen atoms in total. The Morgan fingerprint density at radius 1 is 1.02 bits per heavy atom. The Morgan fingerprint density at radius 3 is 2.31 bits per heavy atom. The van der Waals surface area contributed by atoms with E-state index in [2.05, 4.69) is 27.6 Å². The number of benzene rings is 2. The maximum Gasteiger partial charge on any atom is 0.410 e. The van der Waals surface area contributed by atoms with Crippen LogP contribution >= 0.6 is 22.6 Å². The van der Waals surface area contributed by atoms with Gasteiger partial charge in [0.15, 0.2) is 5.65 Å². The van der Waals surface area contributed by atoms with E-state index in [1.54, 1.807) is 47.4 Å². The second-order valence-electron chi connectivity index (χ2n) is 11.1. The van der Waals surface area contributed by atoms with Crippen LogP contribution in [-0.4, -0.2) is 65.1 Å². The lowest BCUT2D eigenvalue weighted by atomic mass is 10.0. The summed E-state index contributed by atoms with van der Waals surface area (Å²) in [5, 5.41) is 12.7. The topological polar surface area (TPSA) is 128 Å². The van der Waals surface area contributed by atoms with Gasteiger partial charge in [0.25, 0.3) is 15.7 Å². The molecule has 1 fully saturated rings. The van der Waals surface area contributed by atoms with Crippen LogP contribution in [0.2, 0.25) is 0 Å². The van der Waals surface area contributed by atoms with E-state index in [1.165, 1.54) is 22.4 Å². The number of anilines is 1. The maximum atomic E-state index is 13.4. The minimum atomic E-state index is -3.87. The Hall–Kier alpha value is -3.72. The molecule has 0 radical (unpaired) electrons. The van der Waals surface area contributed by atoms with Gasteiger partial charge in [0.1, 0.15) is 11.3 Å². The zero-order valence-corrected chi connectivity index (χ0v) is 26.5. The minimum Gasteiger partial charge on any atom is -0.444 e. The molecule has 1 aliphatic rings. The summed E-state index contributed by atoms with van der Waals surface area (Å²) in [4.78, 5) is 32.3. The van der Waals surface area contributed by atoms with Gasteiger partial charge in [0.05, 0.1) is 9.82 Å². The van der Waals surface area contributed by atoms with Gasteiger partial charge in [-0.1, -0.05) is 23.8 Å². The molecule has 5 rings (SSSR count). The molecule has 0 atom stereocenters. The summed E-state index contributed by atoms with van der Waals surface area (Å²) in [6.45, 7) is 8.93. The van der Waals surface area contributed by atoms with Gasteiger partial charge in [0, 0.05) is 59.2 Å². The van der Waals surface area contributed by atoms with Crippen molar-refractivity contribution in [3.8, 4) is 11.1 Å². The largest absolute Gasteiger partial charge is 0.444 e. The summed E-state index contributed by atoms with van der Waals surface area (Å²) >= 11 is 2.07. The second-order valence-corrected chi connectivity index (χ2v) is 14.1. The Labute approximate surface area is 257 Å². The van der Waals surface area contributed by atoms with Crippen LogP contribution < -0.4 is 4.90 Å². The number of nitrogens with zero attached hydrogens (tertiary/aromatic N) is 5. The molecule has 1 aliphatic heterocycles. The molecular weight excluding hydrogens is 673 g/mol. The molecule has 3 heterocycles. The molecule has 0 saturated carbocycles. The highest BCUT2D eigenvalue weighted by Crippen LogP contribution is 2.35. The molecule has 13 heteroatoms. The van der Waals surface area contributed by atoms with Gasteiger partial charge in [-0.3, -0.25) is 10.1 Å². The fourth-order valence-electron chi connectivity index (χ4n) is 4.78. The lowest BCUT2D eigenvalue weighted by Gasteiger charge is -2.36. The number of aryl methyl sites for hydroxylation is 1. The first-order chi connectivity index (χ1) is 19.7. The first-order valence-corrected chi connectivity index (χ1v) is 15.8. The number of aromatic nitrogens is 2.